The van der Waals surface area contributed by atoms with Crippen LogP contribution in [0.5, 0.6) is 5.75 Å². The van der Waals surface area contributed by atoms with Crippen LogP contribution in [-0.4, -0.2) is 8.42 Å². The van der Waals surface area contributed by atoms with E-state index >= 15 is 0 Å². The van der Waals surface area contributed by atoms with Crippen molar-refractivity contribution >= 4 is 35.7 Å². The summed E-state index contributed by atoms with van der Waals surface area (Å²) in [4.78, 5) is -0.0867. The number of hydrogen-bond acceptors (Lipinski definition) is 3. The van der Waals surface area contributed by atoms with Crippen LogP contribution < -0.4 is 4.74 Å². The molecule has 0 saturated heterocycles. The number of halogens is 4. The number of benzene rings is 2. The zero-order valence-electron chi connectivity index (χ0n) is 10.3. The lowest BCUT2D eigenvalue weighted by Crippen LogP contribution is -2.00. The Bertz CT molecular complexity index is 781. The number of ether oxygens (including phenoxy) is 1. The Morgan fingerprint density at radius 2 is 1.86 bits per heavy atom. The van der Waals surface area contributed by atoms with Crippen molar-refractivity contribution in [2.75, 3.05) is 0 Å². The molecule has 0 bridgehead atoms. The lowest BCUT2D eigenvalue weighted by Gasteiger charge is -2.09. The molecule has 21 heavy (non-hydrogen) atoms. The summed E-state index contributed by atoms with van der Waals surface area (Å²) in [5, 5.41) is 0. The highest BCUT2D eigenvalue weighted by molar-refractivity contribution is 9.10. The van der Waals surface area contributed by atoms with Crippen molar-refractivity contribution < 1.29 is 21.9 Å². The molecular weight excluding hydrogens is 390 g/mol. The summed E-state index contributed by atoms with van der Waals surface area (Å²) in [6.07, 6.45) is 0. The zero-order valence-corrected chi connectivity index (χ0v) is 13.5. The molecule has 0 amide bonds. The molecule has 0 atom stereocenters. The van der Waals surface area contributed by atoms with E-state index < -0.39 is 20.7 Å². The van der Waals surface area contributed by atoms with E-state index in [1.54, 1.807) is 0 Å². The maximum atomic E-state index is 13.4. The molecule has 2 aromatic carbocycles. The summed E-state index contributed by atoms with van der Waals surface area (Å²) in [6.45, 7) is -0.127. The summed E-state index contributed by atoms with van der Waals surface area (Å²) in [5.74, 6) is -1.08. The average Bonchev–Trinajstić information content (AvgIpc) is 2.38. The molecule has 0 N–H and O–H groups in total. The van der Waals surface area contributed by atoms with E-state index in [0.29, 0.717) is 10.2 Å². The smallest absolute Gasteiger partial charge is 0.261 e. The fourth-order valence-electron chi connectivity index (χ4n) is 1.54. The predicted octanol–water partition coefficient (Wildman–Crippen LogP) is 4.23. The van der Waals surface area contributed by atoms with Crippen molar-refractivity contribution in [3.8, 4) is 5.75 Å². The Morgan fingerprint density at radius 3 is 2.43 bits per heavy atom. The second-order valence-electron chi connectivity index (χ2n) is 4.05. The van der Waals surface area contributed by atoms with Gasteiger partial charge in [-0.2, -0.15) is 0 Å². The third-order valence-corrected chi connectivity index (χ3v) is 4.55. The van der Waals surface area contributed by atoms with E-state index in [9.17, 15) is 17.2 Å². The topological polar surface area (TPSA) is 43.4 Å². The van der Waals surface area contributed by atoms with Crippen LogP contribution >= 0.6 is 26.6 Å². The van der Waals surface area contributed by atoms with Crippen LogP contribution in [0.1, 0.15) is 5.56 Å². The Morgan fingerprint density at radius 1 is 1.14 bits per heavy atom. The highest BCUT2D eigenvalue weighted by Crippen LogP contribution is 2.29. The van der Waals surface area contributed by atoms with Crippen molar-refractivity contribution in [2.45, 2.75) is 11.5 Å². The summed E-state index contributed by atoms with van der Waals surface area (Å²) in [6, 6.07) is 7.09. The van der Waals surface area contributed by atoms with E-state index in [-0.39, 0.29) is 17.1 Å². The largest absolute Gasteiger partial charge is 0.488 e. The first kappa shape index (κ1) is 16.2. The number of rotatable bonds is 4. The van der Waals surface area contributed by atoms with Crippen molar-refractivity contribution in [2.24, 2.45) is 0 Å². The van der Waals surface area contributed by atoms with Gasteiger partial charge in [-0.1, -0.05) is 0 Å². The zero-order chi connectivity index (χ0) is 15.6. The van der Waals surface area contributed by atoms with Gasteiger partial charge in [0.2, 0.25) is 0 Å². The Balaban J connectivity index is 2.17. The molecule has 0 spiro atoms. The lowest BCUT2D eigenvalue weighted by molar-refractivity contribution is 0.297. The molecule has 3 nitrogen and oxygen atoms in total. The second-order valence-corrected chi connectivity index (χ2v) is 7.47. The first-order chi connectivity index (χ1) is 9.77. The van der Waals surface area contributed by atoms with Crippen LogP contribution in [0.3, 0.4) is 0 Å². The average molecular weight is 398 g/mol. The Hall–Kier alpha value is -1.18. The van der Waals surface area contributed by atoms with Crippen LogP contribution in [0.2, 0.25) is 0 Å². The fraction of sp³-hybridized carbons (Fsp3) is 0.0769. The highest BCUT2D eigenvalue weighted by Gasteiger charge is 2.13. The molecular formula is C13H8BrClF2O3S. The first-order valence-corrected chi connectivity index (χ1v) is 8.68. The lowest BCUT2D eigenvalue weighted by atomic mass is 10.2. The fourth-order valence-corrected chi connectivity index (χ4v) is 2.97. The van der Waals surface area contributed by atoms with Gasteiger partial charge in [0.1, 0.15) is 24.0 Å². The molecule has 2 rings (SSSR count). The Kier molecular flexibility index (Phi) is 4.85. The molecule has 0 heterocycles. The van der Waals surface area contributed by atoms with Gasteiger partial charge in [0.25, 0.3) is 9.05 Å². The van der Waals surface area contributed by atoms with Crippen molar-refractivity contribution in [1.29, 1.82) is 0 Å². The minimum absolute atomic E-state index is 0.0867. The SMILES string of the molecule is O=S(=O)(Cl)c1ccc(OCc2ccc(F)cc2F)c(Br)c1. The highest BCUT2D eigenvalue weighted by atomic mass is 79.9. The summed E-state index contributed by atoms with van der Waals surface area (Å²) >= 11 is 3.14. The maximum absolute atomic E-state index is 13.4. The molecule has 0 saturated carbocycles. The summed E-state index contributed by atoms with van der Waals surface area (Å²) in [7, 11) is 1.38. The van der Waals surface area contributed by atoms with Crippen molar-refractivity contribution in [1.82, 2.24) is 0 Å². The third kappa shape index (κ3) is 4.15. The molecule has 112 valence electrons. The van der Waals surface area contributed by atoms with Gasteiger partial charge >= 0.3 is 0 Å². The van der Waals surface area contributed by atoms with Gasteiger partial charge in [-0.15, -0.1) is 0 Å². The third-order valence-electron chi connectivity index (χ3n) is 2.58. The summed E-state index contributed by atoms with van der Waals surface area (Å²) in [5.41, 5.74) is 0.178. The van der Waals surface area contributed by atoms with E-state index in [0.717, 1.165) is 12.1 Å². The number of hydrogen-bond donors (Lipinski definition) is 0. The van der Waals surface area contributed by atoms with E-state index in [4.69, 9.17) is 15.4 Å². The van der Waals surface area contributed by atoms with E-state index in [2.05, 4.69) is 15.9 Å². The van der Waals surface area contributed by atoms with Gasteiger partial charge in [0.15, 0.2) is 0 Å². The van der Waals surface area contributed by atoms with Crippen LogP contribution in [0.25, 0.3) is 0 Å². The van der Waals surface area contributed by atoms with Crippen molar-refractivity contribution in [3.63, 3.8) is 0 Å². The molecule has 0 radical (unpaired) electrons. The van der Waals surface area contributed by atoms with Gasteiger partial charge in [0, 0.05) is 22.3 Å². The van der Waals surface area contributed by atoms with Crippen LogP contribution in [0.4, 0.5) is 8.78 Å². The first-order valence-electron chi connectivity index (χ1n) is 5.58. The second kappa shape index (κ2) is 6.29. The molecule has 8 heteroatoms. The van der Waals surface area contributed by atoms with Crippen LogP contribution in [0, 0.1) is 11.6 Å². The Labute approximate surface area is 133 Å². The van der Waals surface area contributed by atoms with Gasteiger partial charge in [-0.3, -0.25) is 0 Å². The molecule has 0 aliphatic rings. The van der Waals surface area contributed by atoms with Gasteiger partial charge in [0.05, 0.1) is 9.37 Å². The minimum Gasteiger partial charge on any atom is -0.488 e. The molecule has 0 unspecified atom stereocenters. The quantitative estimate of drug-likeness (QED) is 0.725. The predicted molar refractivity (Wildman–Crippen MR) is 77.9 cm³/mol. The van der Waals surface area contributed by atoms with Gasteiger partial charge in [-0.05, 0) is 46.3 Å². The standard InChI is InChI=1S/C13H8BrClF2O3S/c14-11-6-10(21(15,18)19)3-4-13(11)20-7-8-1-2-9(16)5-12(8)17/h1-6H,7H2. The van der Waals surface area contributed by atoms with Crippen LogP contribution in [-0.2, 0) is 15.7 Å². The molecule has 0 aromatic heterocycles. The maximum Gasteiger partial charge on any atom is 0.261 e. The summed E-state index contributed by atoms with van der Waals surface area (Å²) < 4.78 is 54.3. The van der Waals surface area contributed by atoms with Gasteiger partial charge in [-0.25, -0.2) is 17.2 Å². The molecule has 0 aliphatic heterocycles. The van der Waals surface area contributed by atoms with Gasteiger partial charge < -0.3 is 4.74 Å². The molecule has 2 aromatic rings. The molecule has 0 aliphatic carbocycles. The minimum atomic E-state index is -3.84. The molecule has 0 fully saturated rings. The normalized spacial score (nSPS) is 11.4. The van der Waals surface area contributed by atoms with E-state index in [1.165, 1.54) is 24.3 Å². The van der Waals surface area contributed by atoms with Crippen LogP contribution in [0.15, 0.2) is 45.8 Å². The monoisotopic (exact) mass is 396 g/mol. The van der Waals surface area contributed by atoms with E-state index in [1.807, 2.05) is 0 Å². The van der Waals surface area contributed by atoms with Crippen molar-refractivity contribution in [3.05, 3.63) is 58.1 Å².